The van der Waals surface area contributed by atoms with Crippen LogP contribution in [0.5, 0.6) is 5.75 Å². The van der Waals surface area contributed by atoms with Crippen molar-refractivity contribution in [1.29, 1.82) is 0 Å². The SMILES string of the molecule is COc1cccc2c1C1(C=CCCC1)CCN2C(=O)c1ccccn1. The number of methoxy groups -OCH3 is 1. The maximum atomic E-state index is 13.0. The van der Waals surface area contributed by atoms with Gasteiger partial charge in [-0.15, -0.1) is 0 Å². The number of fused-ring (bicyclic) bond motifs is 2. The number of nitrogens with zero attached hydrogens (tertiary/aromatic N) is 2. The third kappa shape index (κ3) is 2.62. The number of allylic oxidation sites excluding steroid dienone is 2. The highest BCUT2D eigenvalue weighted by Crippen LogP contribution is 2.50. The zero-order chi connectivity index (χ0) is 17.3. The lowest BCUT2D eigenvalue weighted by molar-refractivity contribution is 0.0977. The summed E-state index contributed by atoms with van der Waals surface area (Å²) in [6.45, 7) is 0.694. The van der Waals surface area contributed by atoms with Gasteiger partial charge in [0.15, 0.2) is 0 Å². The number of carbonyl (C=O) groups excluding carboxylic acids is 1. The molecule has 4 nitrogen and oxygen atoms in total. The molecule has 2 aliphatic rings. The molecule has 128 valence electrons. The molecular formula is C21H22N2O2. The summed E-state index contributed by atoms with van der Waals surface area (Å²) in [6, 6.07) is 11.4. The molecule has 4 heteroatoms. The van der Waals surface area contributed by atoms with E-state index in [2.05, 4.69) is 17.1 Å². The number of hydrogen-bond donors (Lipinski definition) is 0. The quantitative estimate of drug-likeness (QED) is 0.776. The fourth-order valence-electron chi connectivity index (χ4n) is 4.15. The highest BCUT2D eigenvalue weighted by molar-refractivity contribution is 6.06. The molecule has 1 spiro atoms. The van der Waals surface area contributed by atoms with Crippen molar-refractivity contribution in [2.75, 3.05) is 18.6 Å². The summed E-state index contributed by atoms with van der Waals surface area (Å²) in [5.74, 6) is 0.812. The van der Waals surface area contributed by atoms with Crippen molar-refractivity contribution in [3.8, 4) is 5.75 Å². The highest BCUT2D eigenvalue weighted by atomic mass is 16.5. The first-order valence-electron chi connectivity index (χ1n) is 8.83. The van der Waals surface area contributed by atoms with Crippen molar-refractivity contribution < 1.29 is 9.53 Å². The van der Waals surface area contributed by atoms with Crippen molar-refractivity contribution in [1.82, 2.24) is 4.98 Å². The summed E-state index contributed by atoms with van der Waals surface area (Å²) in [5.41, 5.74) is 2.55. The van der Waals surface area contributed by atoms with E-state index in [-0.39, 0.29) is 11.3 Å². The van der Waals surface area contributed by atoms with Crippen molar-refractivity contribution >= 4 is 11.6 Å². The van der Waals surface area contributed by atoms with E-state index in [1.54, 1.807) is 19.4 Å². The summed E-state index contributed by atoms with van der Waals surface area (Å²) in [6.07, 6.45) is 10.6. The van der Waals surface area contributed by atoms with E-state index in [0.717, 1.165) is 36.3 Å². The number of anilines is 1. The Morgan fingerprint density at radius 3 is 2.84 bits per heavy atom. The zero-order valence-electron chi connectivity index (χ0n) is 14.4. The minimum Gasteiger partial charge on any atom is -0.496 e. The lowest BCUT2D eigenvalue weighted by Crippen LogP contribution is -2.43. The van der Waals surface area contributed by atoms with E-state index in [9.17, 15) is 4.79 Å². The Balaban J connectivity index is 1.83. The predicted molar refractivity (Wildman–Crippen MR) is 98.2 cm³/mol. The van der Waals surface area contributed by atoms with E-state index in [4.69, 9.17) is 4.74 Å². The smallest absolute Gasteiger partial charge is 0.276 e. The summed E-state index contributed by atoms with van der Waals surface area (Å²) in [7, 11) is 1.70. The largest absolute Gasteiger partial charge is 0.496 e. The number of carbonyl (C=O) groups is 1. The number of aromatic nitrogens is 1. The van der Waals surface area contributed by atoms with Crippen molar-refractivity contribution in [2.24, 2.45) is 0 Å². The fraction of sp³-hybridized carbons (Fsp3) is 0.333. The molecule has 1 aliphatic heterocycles. The van der Waals surface area contributed by atoms with Gasteiger partial charge in [-0.25, -0.2) is 0 Å². The Labute approximate surface area is 148 Å². The van der Waals surface area contributed by atoms with Gasteiger partial charge < -0.3 is 9.64 Å². The molecule has 2 heterocycles. The molecule has 1 atom stereocenters. The number of rotatable bonds is 2. The summed E-state index contributed by atoms with van der Waals surface area (Å²) in [4.78, 5) is 19.1. The number of pyridine rings is 1. The van der Waals surface area contributed by atoms with Gasteiger partial charge in [-0.1, -0.05) is 24.3 Å². The van der Waals surface area contributed by atoms with Gasteiger partial charge in [-0.2, -0.15) is 0 Å². The van der Waals surface area contributed by atoms with E-state index in [0.29, 0.717) is 12.2 Å². The normalized spacial score (nSPS) is 21.9. The number of amides is 1. The van der Waals surface area contributed by atoms with Crippen LogP contribution >= 0.6 is 0 Å². The molecule has 0 bridgehead atoms. The Morgan fingerprint density at radius 1 is 1.20 bits per heavy atom. The van der Waals surface area contributed by atoms with E-state index >= 15 is 0 Å². The maximum Gasteiger partial charge on any atom is 0.276 e. The van der Waals surface area contributed by atoms with Gasteiger partial charge in [0.2, 0.25) is 0 Å². The molecule has 0 radical (unpaired) electrons. The van der Waals surface area contributed by atoms with Crippen molar-refractivity contribution in [3.05, 3.63) is 66.0 Å². The molecular weight excluding hydrogens is 312 g/mol. The molecule has 0 saturated heterocycles. The van der Waals surface area contributed by atoms with Crippen molar-refractivity contribution in [2.45, 2.75) is 31.1 Å². The monoisotopic (exact) mass is 334 g/mol. The molecule has 2 aromatic rings. The number of hydrogen-bond acceptors (Lipinski definition) is 3. The first-order valence-corrected chi connectivity index (χ1v) is 8.83. The van der Waals surface area contributed by atoms with Crippen LogP contribution in [0.2, 0.25) is 0 Å². The van der Waals surface area contributed by atoms with Gasteiger partial charge in [0.25, 0.3) is 5.91 Å². The molecule has 4 rings (SSSR count). The lowest BCUT2D eigenvalue weighted by atomic mass is 9.68. The molecule has 1 aliphatic carbocycles. The molecule has 1 amide bonds. The van der Waals surface area contributed by atoms with Crippen LogP contribution in [-0.4, -0.2) is 24.5 Å². The Hall–Kier alpha value is -2.62. The van der Waals surface area contributed by atoms with E-state index < -0.39 is 0 Å². The van der Waals surface area contributed by atoms with Crippen molar-refractivity contribution in [3.63, 3.8) is 0 Å². The van der Waals surface area contributed by atoms with Crippen LogP contribution in [0.3, 0.4) is 0 Å². The second kappa shape index (κ2) is 6.36. The minimum atomic E-state index is -0.0512. The highest BCUT2D eigenvalue weighted by Gasteiger charge is 2.41. The van der Waals surface area contributed by atoms with Crippen LogP contribution in [0.15, 0.2) is 54.7 Å². The third-order valence-electron chi connectivity index (χ3n) is 5.35. The van der Waals surface area contributed by atoms with Gasteiger partial charge in [0.05, 0.1) is 12.8 Å². The molecule has 0 saturated carbocycles. The summed E-state index contributed by atoms with van der Waals surface area (Å²) < 4.78 is 5.69. The van der Waals surface area contributed by atoms with E-state index in [1.165, 1.54) is 6.42 Å². The van der Waals surface area contributed by atoms with Gasteiger partial charge in [0.1, 0.15) is 11.4 Å². The van der Waals surface area contributed by atoms with Gasteiger partial charge in [0, 0.05) is 23.7 Å². The van der Waals surface area contributed by atoms with Gasteiger partial charge >= 0.3 is 0 Å². The maximum absolute atomic E-state index is 13.0. The first kappa shape index (κ1) is 15.9. The number of benzene rings is 1. The molecule has 1 aromatic carbocycles. The first-order chi connectivity index (χ1) is 12.2. The lowest BCUT2D eigenvalue weighted by Gasteiger charge is -2.43. The standard InChI is InChI=1S/C21H22N2O2/c1-25-18-10-7-9-17-19(18)21(11-4-2-5-12-21)13-15-23(17)20(24)16-8-3-6-14-22-16/h3-4,6-11,14H,2,5,12-13,15H2,1H3. The van der Waals surface area contributed by atoms with Crippen LogP contribution in [0.4, 0.5) is 5.69 Å². The average Bonchev–Trinajstić information content (AvgIpc) is 2.69. The average molecular weight is 334 g/mol. The Kier molecular flexibility index (Phi) is 4.04. The van der Waals surface area contributed by atoms with Crippen LogP contribution in [0.1, 0.15) is 41.7 Å². The molecule has 0 fully saturated rings. The minimum absolute atomic E-state index is 0.0267. The van der Waals surface area contributed by atoms with Gasteiger partial charge in [-0.05, 0) is 49.9 Å². The second-order valence-electron chi connectivity index (χ2n) is 6.73. The predicted octanol–water partition coefficient (Wildman–Crippen LogP) is 4.12. The van der Waals surface area contributed by atoms with Crippen LogP contribution < -0.4 is 9.64 Å². The summed E-state index contributed by atoms with van der Waals surface area (Å²) in [5, 5.41) is 0. The third-order valence-corrected chi connectivity index (χ3v) is 5.35. The molecule has 1 unspecified atom stereocenters. The zero-order valence-corrected chi connectivity index (χ0v) is 14.4. The molecule has 0 N–H and O–H groups in total. The fourth-order valence-corrected chi connectivity index (χ4v) is 4.15. The number of ether oxygens (including phenoxy) is 1. The van der Waals surface area contributed by atoms with Crippen LogP contribution in [0, 0.1) is 0 Å². The summed E-state index contributed by atoms with van der Waals surface area (Å²) >= 11 is 0. The van der Waals surface area contributed by atoms with Crippen LogP contribution in [-0.2, 0) is 5.41 Å². The topological polar surface area (TPSA) is 42.4 Å². The van der Waals surface area contributed by atoms with E-state index in [1.807, 2.05) is 35.2 Å². The second-order valence-corrected chi connectivity index (χ2v) is 6.73. The molecule has 1 aromatic heterocycles. The Morgan fingerprint density at radius 2 is 2.12 bits per heavy atom. The molecule has 25 heavy (non-hydrogen) atoms. The van der Waals surface area contributed by atoms with Gasteiger partial charge in [-0.3, -0.25) is 9.78 Å². The Bertz CT molecular complexity index is 816. The van der Waals surface area contributed by atoms with Crippen LogP contribution in [0.25, 0.3) is 0 Å².